The summed E-state index contributed by atoms with van der Waals surface area (Å²) in [6.07, 6.45) is 3.25. The maximum atomic E-state index is 13.7. The van der Waals surface area contributed by atoms with E-state index in [-0.39, 0.29) is 29.2 Å². The van der Waals surface area contributed by atoms with Crippen molar-refractivity contribution in [2.24, 2.45) is 18.9 Å². The van der Waals surface area contributed by atoms with E-state index in [1.165, 1.54) is 31.1 Å². The number of halogens is 2. The molecule has 0 aliphatic carbocycles. The molecule has 8 heteroatoms. The van der Waals surface area contributed by atoms with Crippen molar-refractivity contribution in [3.63, 3.8) is 0 Å². The van der Waals surface area contributed by atoms with E-state index in [9.17, 15) is 18.8 Å². The highest BCUT2D eigenvalue weighted by molar-refractivity contribution is 6.45. The number of ketones is 1. The van der Waals surface area contributed by atoms with Gasteiger partial charge in [-0.15, -0.1) is 0 Å². The average Bonchev–Trinajstić information content (AvgIpc) is 3.15. The van der Waals surface area contributed by atoms with Gasteiger partial charge in [-0.25, -0.2) is 4.39 Å². The number of carbonyl (C=O) groups is 3. The summed E-state index contributed by atoms with van der Waals surface area (Å²) in [7, 11) is 4.83. The number of Topliss-reactive ketones (excluding diaryl/α,β-unsaturated/α-hetero) is 1. The largest absolute Gasteiger partial charge is 0.350 e. The van der Waals surface area contributed by atoms with Crippen LogP contribution in [0.1, 0.15) is 46.5 Å². The van der Waals surface area contributed by atoms with Crippen molar-refractivity contribution in [3.8, 4) is 0 Å². The van der Waals surface area contributed by atoms with E-state index in [1.54, 1.807) is 29.9 Å². The van der Waals surface area contributed by atoms with Crippen LogP contribution in [0.25, 0.3) is 10.9 Å². The van der Waals surface area contributed by atoms with Gasteiger partial charge in [0.05, 0.1) is 21.7 Å². The minimum atomic E-state index is -0.630. The Kier molecular flexibility index (Phi) is 7.23. The number of amides is 2. The number of aryl methyl sites for hydroxylation is 1. The highest BCUT2D eigenvalue weighted by Crippen LogP contribution is 2.34. The van der Waals surface area contributed by atoms with Gasteiger partial charge in [0.25, 0.3) is 17.6 Å². The molecule has 0 N–H and O–H groups in total. The second-order valence-corrected chi connectivity index (χ2v) is 10.5. The zero-order chi connectivity index (χ0) is 26.3. The molecule has 0 bridgehead atoms. The van der Waals surface area contributed by atoms with Crippen LogP contribution in [0, 0.1) is 17.7 Å². The summed E-state index contributed by atoms with van der Waals surface area (Å²) >= 11 is 6.57. The molecule has 2 amide bonds. The van der Waals surface area contributed by atoms with Crippen LogP contribution in [-0.4, -0.2) is 58.6 Å². The van der Waals surface area contributed by atoms with Crippen LogP contribution in [0.5, 0.6) is 0 Å². The molecule has 4 rings (SSSR count). The molecule has 6 nitrogen and oxygen atoms in total. The standard InChI is InChI=1S/C28H31ClFN3O3/c1-16-14-33(17(2)10-19(16)11-18-6-8-20(30)9-7-18)27(35)22-12-21-23(26(34)28(36)31(3)4)15-32(5)25(21)13-24(22)29/h6-9,12-13,15-17,19H,10-11,14H2,1-5H3/t16-,17+,19?/m0/s1. The predicted octanol–water partition coefficient (Wildman–Crippen LogP) is 4.97. The molecule has 1 aliphatic heterocycles. The molecule has 3 aromatic rings. The third-order valence-electron chi connectivity index (χ3n) is 7.29. The zero-order valence-corrected chi connectivity index (χ0v) is 22.0. The minimum absolute atomic E-state index is 0.0156. The molecular weight excluding hydrogens is 481 g/mol. The lowest BCUT2D eigenvalue weighted by atomic mass is 9.79. The van der Waals surface area contributed by atoms with Gasteiger partial charge in [0.15, 0.2) is 0 Å². The van der Waals surface area contributed by atoms with Crippen LogP contribution in [0.3, 0.4) is 0 Å². The predicted molar refractivity (Wildman–Crippen MR) is 139 cm³/mol. The number of piperidine rings is 1. The van der Waals surface area contributed by atoms with E-state index < -0.39 is 11.7 Å². The van der Waals surface area contributed by atoms with Crippen molar-refractivity contribution in [1.29, 1.82) is 0 Å². The summed E-state index contributed by atoms with van der Waals surface area (Å²) in [5.74, 6) is -1.09. The third-order valence-corrected chi connectivity index (χ3v) is 7.60. The summed E-state index contributed by atoms with van der Waals surface area (Å²) in [6.45, 7) is 4.73. The van der Waals surface area contributed by atoms with Crippen molar-refractivity contribution in [1.82, 2.24) is 14.4 Å². The molecule has 1 fully saturated rings. The second kappa shape index (κ2) is 10.1. The van der Waals surface area contributed by atoms with Gasteiger partial charge in [0, 0.05) is 45.3 Å². The summed E-state index contributed by atoms with van der Waals surface area (Å²) in [4.78, 5) is 41.9. The van der Waals surface area contributed by atoms with Gasteiger partial charge in [-0.1, -0.05) is 30.7 Å². The van der Waals surface area contributed by atoms with Gasteiger partial charge in [-0.3, -0.25) is 14.4 Å². The Morgan fingerprint density at radius 2 is 1.75 bits per heavy atom. The maximum absolute atomic E-state index is 13.7. The van der Waals surface area contributed by atoms with Crippen LogP contribution >= 0.6 is 11.6 Å². The number of hydrogen-bond donors (Lipinski definition) is 0. The van der Waals surface area contributed by atoms with Crippen molar-refractivity contribution >= 4 is 40.1 Å². The Labute approximate surface area is 215 Å². The first-order valence-electron chi connectivity index (χ1n) is 12.1. The molecule has 1 saturated heterocycles. The fourth-order valence-electron chi connectivity index (χ4n) is 5.15. The molecular formula is C28H31ClFN3O3. The first-order chi connectivity index (χ1) is 17.0. The molecule has 2 heterocycles. The minimum Gasteiger partial charge on any atom is -0.350 e. The first-order valence-corrected chi connectivity index (χ1v) is 12.5. The SMILES string of the molecule is C[C@@H]1CC(Cc2ccc(F)cc2)[C@@H](C)CN1C(=O)c1cc2c(C(=O)C(=O)N(C)C)cn(C)c2cc1Cl. The van der Waals surface area contributed by atoms with Crippen LogP contribution in [0.4, 0.5) is 4.39 Å². The van der Waals surface area contributed by atoms with E-state index in [1.807, 2.05) is 24.0 Å². The fourth-order valence-corrected chi connectivity index (χ4v) is 5.39. The average molecular weight is 512 g/mol. The summed E-state index contributed by atoms with van der Waals surface area (Å²) in [5, 5.41) is 0.831. The van der Waals surface area contributed by atoms with Gasteiger partial charge >= 0.3 is 0 Å². The number of nitrogens with zero attached hydrogens (tertiary/aromatic N) is 3. The molecule has 1 aliphatic rings. The lowest BCUT2D eigenvalue weighted by Gasteiger charge is -2.42. The molecule has 0 spiro atoms. The Morgan fingerprint density at radius 3 is 2.39 bits per heavy atom. The summed E-state index contributed by atoms with van der Waals surface area (Å²) in [5.41, 5.74) is 2.32. The lowest BCUT2D eigenvalue weighted by Crippen LogP contribution is -2.48. The summed E-state index contributed by atoms with van der Waals surface area (Å²) in [6, 6.07) is 9.90. The molecule has 3 atom stereocenters. The normalized spacial score (nSPS) is 20.0. The number of likely N-dealkylation sites (N-methyl/N-ethyl adjacent to an activating group) is 1. The van der Waals surface area contributed by atoms with Crippen molar-refractivity contribution < 1.29 is 18.8 Å². The molecule has 1 unspecified atom stereocenters. The van der Waals surface area contributed by atoms with Crippen LogP contribution in [0.2, 0.25) is 5.02 Å². The molecule has 2 aromatic carbocycles. The van der Waals surface area contributed by atoms with E-state index in [0.717, 1.165) is 18.4 Å². The molecule has 0 saturated carbocycles. The van der Waals surface area contributed by atoms with Crippen LogP contribution < -0.4 is 0 Å². The smallest absolute Gasteiger partial charge is 0.294 e. The number of hydrogen-bond acceptors (Lipinski definition) is 3. The van der Waals surface area contributed by atoms with Gasteiger partial charge < -0.3 is 14.4 Å². The van der Waals surface area contributed by atoms with Gasteiger partial charge in [-0.2, -0.15) is 0 Å². The maximum Gasteiger partial charge on any atom is 0.294 e. The highest BCUT2D eigenvalue weighted by atomic mass is 35.5. The monoisotopic (exact) mass is 511 g/mol. The number of benzene rings is 2. The first kappa shape index (κ1) is 25.9. The number of rotatable bonds is 5. The Morgan fingerprint density at radius 1 is 1.08 bits per heavy atom. The lowest BCUT2D eigenvalue weighted by molar-refractivity contribution is -0.124. The molecule has 0 radical (unpaired) electrons. The van der Waals surface area contributed by atoms with E-state index >= 15 is 0 Å². The Bertz CT molecular complexity index is 1330. The van der Waals surface area contributed by atoms with E-state index in [0.29, 0.717) is 34.0 Å². The Balaban J connectivity index is 1.60. The van der Waals surface area contributed by atoms with Gasteiger partial charge in [-0.05, 0) is 61.4 Å². The highest BCUT2D eigenvalue weighted by Gasteiger charge is 2.35. The zero-order valence-electron chi connectivity index (χ0n) is 21.2. The van der Waals surface area contributed by atoms with Gasteiger partial charge in [0.1, 0.15) is 5.82 Å². The van der Waals surface area contributed by atoms with E-state index in [2.05, 4.69) is 6.92 Å². The Hall–Kier alpha value is -3.19. The molecule has 36 heavy (non-hydrogen) atoms. The van der Waals surface area contributed by atoms with Gasteiger partial charge in [0.2, 0.25) is 0 Å². The number of fused-ring (bicyclic) bond motifs is 1. The third kappa shape index (κ3) is 4.89. The number of aromatic nitrogens is 1. The molecule has 190 valence electrons. The topological polar surface area (TPSA) is 62.6 Å². The van der Waals surface area contributed by atoms with Crippen molar-refractivity contribution in [2.75, 3.05) is 20.6 Å². The molecule has 1 aromatic heterocycles. The van der Waals surface area contributed by atoms with E-state index in [4.69, 9.17) is 11.6 Å². The van der Waals surface area contributed by atoms with Crippen molar-refractivity contribution in [3.05, 3.63) is 70.1 Å². The quantitative estimate of drug-likeness (QED) is 0.359. The van der Waals surface area contributed by atoms with Crippen molar-refractivity contribution in [2.45, 2.75) is 32.7 Å². The number of carbonyl (C=O) groups excluding carboxylic acids is 3. The fraction of sp³-hybridized carbons (Fsp3) is 0.393. The summed E-state index contributed by atoms with van der Waals surface area (Å²) < 4.78 is 15.0. The van der Waals surface area contributed by atoms with Crippen LogP contribution in [0.15, 0.2) is 42.6 Å². The van der Waals surface area contributed by atoms with Crippen LogP contribution in [-0.2, 0) is 18.3 Å². The second-order valence-electron chi connectivity index (χ2n) is 10.1. The number of likely N-dealkylation sites (tertiary alicyclic amines) is 1.